The predicted octanol–water partition coefficient (Wildman–Crippen LogP) is 3.51. The molecular formula is C14H28O3S. The fourth-order valence-corrected chi connectivity index (χ4v) is 2.79. The van der Waals surface area contributed by atoms with Crippen molar-refractivity contribution < 1.29 is 14.3 Å². The Hall–Kier alpha value is -0.220. The first-order chi connectivity index (χ1) is 8.56. The summed E-state index contributed by atoms with van der Waals surface area (Å²) >= 11 is 1.68. The normalized spacial score (nSPS) is 19.1. The quantitative estimate of drug-likeness (QED) is 0.695. The Morgan fingerprint density at radius 3 is 2.61 bits per heavy atom. The number of carbonyl (C=O) groups excluding carboxylic acids is 1. The zero-order valence-electron chi connectivity index (χ0n) is 12.5. The van der Waals surface area contributed by atoms with Gasteiger partial charge in [0.1, 0.15) is 4.75 Å². The Labute approximate surface area is 116 Å². The molecule has 1 fully saturated rings. The zero-order valence-corrected chi connectivity index (χ0v) is 13.3. The third-order valence-electron chi connectivity index (χ3n) is 2.78. The van der Waals surface area contributed by atoms with Gasteiger partial charge in [-0.25, -0.2) is 0 Å². The van der Waals surface area contributed by atoms with Crippen LogP contribution < -0.4 is 0 Å². The molecular weight excluding hydrogens is 248 g/mol. The van der Waals surface area contributed by atoms with Gasteiger partial charge in [-0.3, -0.25) is 4.79 Å². The topological polar surface area (TPSA) is 35.5 Å². The number of hydrogen-bond acceptors (Lipinski definition) is 4. The standard InChI is InChI=1S/C12H22O3S.C2H6/c1-4-15-11(13)12(2,3)16-8-6-10-5-7-14-9-10;1-2/h10H,4-9H2,1-3H3;1-2H3/t10-;/m1./s1. The van der Waals surface area contributed by atoms with Crippen molar-refractivity contribution in [2.75, 3.05) is 25.6 Å². The van der Waals surface area contributed by atoms with Crippen molar-refractivity contribution in [2.24, 2.45) is 5.92 Å². The monoisotopic (exact) mass is 276 g/mol. The number of hydrogen-bond donors (Lipinski definition) is 0. The van der Waals surface area contributed by atoms with Crippen LogP contribution in [-0.4, -0.2) is 36.3 Å². The Morgan fingerprint density at radius 1 is 1.44 bits per heavy atom. The van der Waals surface area contributed by atoms with Crippen molar-refractivity contribution in [1.82, 2.24) is 0 Å². The highest BCUT2D eigenvalue weighted by molar-refractivity contribution is 8.01. The first kappa shape index (κ1) is 17.8. The summed E-state index contributed by atoms with van der Waals surface area (Å²) in [4.78, 5) is 11.6. The summed E-state index contributed by atoms with van der Waals surface area (Å²) in [6.45, 7) is 12.0. The minimum absolute atomic E-state index is 0.109. The van der Waals surface area contributed by atoms with E-state index in [2.05, 4.69) is 0 Å². The molecule has 0 aliphatic carbocycles. The van der Waals surface area contributed by atoms with Crippen molar-refractivity contribution in [3.05, 3.63) is 0 Å². The van der Waals surface area contributed by atoms with Crippen LogP contribution in [0.1, 0.15) is 47.5 Å². The molecule has 18 heavy (non-hydrogen) atoms. The second-order valence-corrected chi connectivity index (χ2v) is 6.32. The SMILES string of the molecule is CC.CCOC(=O)C(C)(C)SCC[C@H]1CCOC1. The van der Waals surface area contributed by atoms with Crippen LogP contribution in [0, 0.1) is 5.92 Å². The minimum atomic E-state index is -0.421. The summed E-state index contributed by atoms with van der Waals surface area (Å²) in [5.74, 6) is 1.58. The van der Waals surface area contributed by atoms with Crippen LogP contribution >= 0.6 is 11.8 Å². The van der Waals surface area contributed by atoms with E-state index in [0.717, 1.165) is 25.4 Å². The number of esters is 1. The third-order valence-corrected chi connectivity index (χ3v) is 4.11. The molecule has 1 aliphatic rings. The minimum Gasteiger partial charge on any atom is -0.465 e. The Balaban J connectivity index is 0.00000137. The van der Waals surface area contributed by atoms with E-state index in [4.69, 9.17) is 9.47 Å². The average molecular weight is 276 g/mol. The van der Waals surface area contributed by atoms with E-state index in [1.54, 1.807) is 11.8 Å². The zero-order chi connectivity index (χ0) is 14.0. The fraction of sp³-hybridized carbons (Fsp3) is 0.929. The van der Waals surface area contributed by atoms with Gasteiger partial charge >= 0.3 is 5.97 Å². The van der Waals surface area contributed by atoms with Crippen LogP contribution in [0.4, 0.5) is 0 Å². The summed E-state index contributed by atoms with van der Waals surface area (Å²) in [7, 11) is 0. The Kier molecular flexibility index (Phi) is 9.56. The molecule has 0 saturated carbocycles. The number of ether oxygens (including phenoxy) is 2. The summed E-state index contributed by atoms with van der Waals surface area (Å²) in [6, 6.07) is 0. The Bertz CT molecular complexity index is 223. The molecule has 0 radical (unpaired) electrons. The van der Waals surface area contributed by atoms with Crippen LogP contribution in [0.15, 0.2) is 0 Å². The molecule has 0 amide bonds. The lowest BCUT2D eigenvalue weighted by Crippen LogP contribution is -2.30. The first-order valence-corrected chi connectivity index (χ1v) is 7.93. The molecule has 1 rings (SSSR count). The second-order valence-electron chi connectivity index (χ2n) is 4.60. The van der Waals surface area contributed by atoms with Gasteiger partial charge in [0.05, 0.1) is 6.61 Å². The molecule has 1 aliphatic heterocycles. The van der Waals surface area contributed by atoms with Crippen molar-refractivity contribution in [1.29, 1.82) is 0 Å². The maximum Gasteiger partial charge on any atom is 0.321 e. The van der Waals surface area contributed by atoms with Crippen LogP contribution in [0.2, 0.25) is 0 Å². The molecule has 0 aromatic heterocycles. The number of carbonyl (C=O) groups is 1. The highest BCUT2D eigenvalue weighted by Crippen LogP contribution is 2.29. The molecule has 0 aromatic rings. The van der Waals surface area contributed by atoms with Crippen molar-refractivity contribution in [3.63, 3.8) is 0 Å². The lowest BCUT2D eigenvalue weighted by molar-refractivity contribution is -0.145. The average Bonchev–Trinajstić information content (AvgIpc) is 2.85. The summed E-state index contributed by atoms with van der Waals surface area (Å²) < 4.78 is 9.95. The molecule has 0 bridgehead atoms. The van der Waals surface area contributed by atoms with E-state index in [1.165, 1.54) is 6.42 Å². The van der Waals surface area contributed by atoms with E-state index in [-0.39, 0.29) is 5.97 Å². The van der Waals surface area contributed by atoms with E-state index >= 15 is 0 Å². The van der Waals surface area contributed by atoms with Crippen molar-refractivity contribution >= 4 is 17.7 Å². The molecule has 108 valence electrons. The van der Waals surface area contributed by atoms with Gasteiger partial charge in [0, 0.05) is 13.2 Å². The molecule has 0 N–H and O–H groups in total. The second kappa shape index (κ2) is 9.68. The first-order valence-electron chi connectivity index (χ1n) is 6.95. The largest absolute Gasteiger partial charge is 0.465 e. The lowest BCUT2D eigenvalue weighted by atomic mass is 10.1. The van der Waals surface area contributed by atoms with Gasteiger partial charge in [0.15, 0.2) is 0 Å². The molecule has 1 atom stereocenters. The van der Waals surface area contributed by atoms with Gasteiger partial charge < -0.3 is 9.47 Å². The maximum absolute atomic E-state index is 11.6. The molecule has 0 aromatic carbocycles. The van der Waals surface area contributed by atoms with E-state index in [1.807, 2.05) is 34.6 Å². The van der Waals surface area contributed by atoms with Crippen molar-refractivity contribution in [3.8, 4) is 0 Å². The van der Waals surface area contributed by atoms with Crippen LogP contribution in [0.3, 0.4) is 0 Å². The van der Waals surface area contributed by atoms with Crippen molar-refractivity contribution in [2.45, 2.75) is 52.2 Å². The predicted molar refractivity (Wildman–Crippen MR) is 78.1 cm³/mol. The summed E-state index contributed by atoms with van der Waals surface area (Å²) in [5.41, 5.74) is 0. The number of thioether (sulfide) groups is 1. The number of rotatable bonds is 6. The summed E-state index contributed by atoms with van der Waals surface area (Å²) in [6.07, 6.45) is 2.30. The molecule has 1 saturated heterocycles. The maximum atomic E-state index is 11.6. The molecule has 3 nitrogen and oxygen atoms in total. The van der Waals surface area contributed by atoms with E-state index in [9.17, 15) is 4.79 Å². The van der Waals surface area contributed by atoms with E-state index in [0.29, 0.717) is 12.5 Å². The van der Waals surface area contributed by atoms with Gasteiger partial charge in [0.25, 0.3) is 0 Å². The van der Waals surface area contributed by atoms with Crippen LogP contribution in [-0.2, 0) is 14.3 Å². The smallest absolute Gasteiger partial charge is 0.321 e. The highest BCUT2D eigenvalue weighted by Gasteiger charge is 2.30. The molecule has 0 unspecified atom stereocenters. The summed E-state index contributed by atoms with van der Waals surface area (Å²) in [5, 5.41) is 0. The lowest BCUT2D eigenvalue weighted by Gasteiger charge is -2.22. The highest BCUT2D eigenvalue weighted by atomic mass is 32.2. The molecule has 0 spiro atoms. The third kappa shape index (κ3) is 6.64. The van der Waals surface area contributed by atoms with E-state index < -0.39 is 4.75 Å². The van der Waals surface area contributed by atoms with Crippen LogP contribution in [0.25, 0.3) is 0 Å². The van der Waals surface area contributed by atoms with Gasteiger partial charge in [-0.15, -0.1) is 11.8 Å². The molecule has 4 heteroatoms. The Morgan fingerprint density at radius 2 is 2.11 bits per heavy atom. The van der Waals surface area contributed by atoms with Gasteiger partial charge in [-0.1, -0.05) is 13.8 Å². The van der Waals surface area contributed by atoms with Crippen LogP contribution in [0.5, 0.6) is 0 Å². The van der Waals surface area contributed by atoms with Gasteiger partial charge in [0.2, 0.25) is 0 Å². The fourth-order valence-electron chi connectivity index (χ4n) is 1.66. The van der Waals surface area contributed by atoms with Gasteiger partial charge in [-0.2, -0.15) is 0 Å². The molecule has 1 heterocycles. The van der Waals surface area contributed by atoms with Gasteiger partial charge in [-0.05, 0) is 45.3 Å².